The average Bonchev–Trinajstić information content (AvgIpc) is 3.02. The molecule has 2 aromatic rings. The molecule has 26 heavy (non-hydrogen) atoms. The van der Waals surface area contributed by atoms with E-state index < -0.39 is 0 Å². The number of amides is 2. The van der Waals surface area contributed by atoms with E-state index in [-0.39, 0.29) is 23.8 Å². The normalized spacial score (nSPS) is 22.4. The quantitative estimate of drug-likeness (QED) is 0.849. The fourth-order valence-electron chi connectivity index (χ4n) is 4.58. The van der Waals surface area contributed by atoms with E-state index in [9.17, 15) is 9.59 Å². The van der Waals surface area contributed by atoms with Crippen LogP contribution in [0, 0.1) is 0 Å². The monoisotopic (exact) mass is 347 g/mol. The number of benzene rings is 2. The molecule has 0 saturated carbocycles. The third-order valence-electron chi connectivity index (χ3n) is 5.88. The van der Waals surface area contributed by atoms with Crippen LogP contribution in [0.25, 0.3) is 11.1 Å². The van der Waals surface area contributed by atoms with Gasteiger partial charge in [-0.1, -0.05) is 48.5 Å². The number of hydrogen-bond donors (Lipinski definition) is 1. The Morgan fingerprint density at radius 3 is 2.27 bits per heavy atom. The second-order valence-electron chi connectivity index (χ2n) is 7.23. The number of nitrogens with zero attached hydrogens (tertiary/aromatic N) is 2. The summed E-state index contributed by atoms with van der Waals surface area (Å²) in [5.41, 5.74) is 4.45. The summed E-state index contributed by atoms with van der Waals surface area (Å²) in [6, 6.07) is 16.1. The van der Waals surface area contributed by atoms with Crippen molar-refractivity contribution in [2.45, 2.75) is 12.0 Å². The Kier molecular flexibility index (Phi) is 3.57. The summed E-state index contributed by atoms with van der Waals surface area (Å²) in [6.07, 6.45) is 0. The van der Waals surface area contributed by atoms with Crippen LogP contribution < -0.4 is 5.32 Å². The predicted octanol–water partition coefficient (Wildman–Crippen LogP) is 1.44. The summed E-state index contributed by atoms with van der Waals surface area (Å²) < 4.78 is 0. The molecular weight excluding hydrogens is 326 g/mol. The molecule has 1 atom stereocenters. The first-order chi connectivity index (χ1) is 12.7. The van der Waals surface area contributed by atoms with Gasteiger partial charge in [0.1, 0.15) is 6.04 Å². The number of rotatable bonds is 1. The Bertz CT molecular complexity index is 849. The lowest BCUT2D eigenvalue weighted by Crippen LogP contribution is -2.64. The third-order valence-corrected chi connectivity index (χ3v) is 5.88. The number of hydrogen-bond acceptors (Lipinski definition) is 3. The Balaban J connectivity index is 1.48. The van der Waals surface area contributed by atoms with Gasteiger partial charge in [0.15, 0.2) is 0 Å². The minimum absolute atomic E-state index is 0.0426. The van der Waals surface area contributed by atoms with Crippen LogP contribution in [-0.4, -0.2) is 60.4 Å². The zero-order valence-corrected chi connectivity index (χ0v) is 14.5. The van der Waals surface area contributed by atoms with Crippen LogP contribution in [0.5, 0.6) is 0 Å². The Morgan fingerprint density at radius 1 is 0.923 bits per heavy atom. The standard InChI is InChI=1S/C21H21N3O2/c25-20-18-13-24(12-11-23(18)10-9-22-20)21(26)19-16-7-3-1-5-14(16)15-6-2-4-8-17(15)19/h1-8,18-19H,9-13H2,(H,22,25). The highest BCUT2D eigenvalue weighted by molar-refractivity contribution is 5.96. The van der Waals surface area contributed by atoms with Crippen LogP contribution >= 0.6 is 0 Å². The van der Waals surface area contributed by atoms with Crippen molar-refractivity contribution in [1.29, 1.82) is 0 Å². The van der Waals surface area contributed by atoms with Crippen molar-refractivity contribution in [2.24, 2.45) is 0 Å². The van der Waals surface area contributed by atoms with Gasteiger partial charge in [0.2, 0.25) is 11.8 Å². The summed E-state index contributed by atoms with van der Waals surface area (Å²) in [7, 11) is 0. The van der Waals surface area contributed by atoms with E-state index in [2.05, 4.69) is 34.5 Å². The van der Waals surface area contributed by atoms with Crippen LogP contribution in [0.2, 0.25) is 0 Å². The molecule has 2 fully saturated rings. The highest BCUT2D eigenvalue weighted by Crippen LogP contribution is 2.45. The van der Waals surface area contributed by atoms with Gasteiger partial charge >= 0.3 is 0 Å². The lowest BCUT2D eigenvalue weighted by molar-refractivity contribution is -0.140. The Labute approximate surface area is 152 Å². The van der Waals surface area contributed by atoms with Gasteiger partial charge in [0.25, 0.3) is 0 Å². The highest BCUT2D eigenvalue weighted by atomic mass is 16.2. The van der Waals surface area contributed by atoms with Gasteiger partial charge in [-0.05, 0) is 22.3 Å². The first-order valence-electron chi connectivity index (χ1n) is 9.23. The molecule has 2 amide bonds. The van der Waals surface area contributed by atoms with E-state index in [1.807, 2.05) is 29.2 Å². The van der Waals surface area contributed by atoms with Crippen LogP contribution in [0.3, 0.4) is 0 Å². The Hall–Kier alpha value is -2.66. The van der Waals surface area contributed by atoms with Crippen molar-refractivity contribution in [2.75, 3.05) is 32.7 Å². The largest absolute Gasteiger partial charge is 0.353 e. The maximum atomic E-state index is 13.5. The molecule has 0 spiro atoms. The molecule has 3 aliphatic rings. The lowest BCUT2D eigenvalue weighted by atomic mass is 9.94. The maximum Gasteiger partial charge on any atom is 0.239 e. The lowest BCUT2D eigenvalue weighted by Gasteiger charge is -2.43. The van der Waals surface area contributed by atoms with Crippen LogP contribution in [0.1, 0.15) is 17.0 Å². The van der Waals surface area contributed by atoms with Crippen molar-refractivity contribution in [3.05, 3.63) is 59.7 Å². The van der Waals surface area contributed by atoms with Crippen LogP contribution in [-0.2, 0) is 9.59 Å². The van der Waals surface area contributed by atoms with Gasteiger partial charge in [-0.25, -0.2) is 0 Å². The van der Waals surface area contributed by atoms with E-state index in [1.165, 1.54) is 0 Å². The third kappa shape index (κ3) is 2.27. The second kappa shape index (κ2) is 5.95. The second-order valence-corrected chi connectivity index (χ2v) is 7.23. The van der Waals surface area contributed by atoms with E-state index in [0.717, 1.165) is 35.3 Å². The zero-order chi connectivity index (χ0) is 17.7. The molecule has 2 saturated heterocycles. The minimum Gasteiger partial charge on any atom is -0.353 e. The average molecular weight is 347 g/mol. The zero-order valence-electron chi connectivity index (χ0n) is 14.5. The smallest absolute Gasteiger partial charge is 0.239 e. The molecule has 5 nitrogen and oxygen atoms in total. The fraction of sp³-hybridized carbons (Fsp3) is 0.333. The van der Waals surface area contributed by atoms with Gasteiger partial charge in [-0.2, -0.15) is 0 Å². The van der Waals surface area contributed by atoms with Crippen molar-refractivity contribution in [1.82, 2.24) is 15.1 Å². The molecule has 132 valence electrons. The first kappa shape index (κ1) is 15.6. The maximum absolute atomic E-state index is 13.5. The number of carbonyl (C=O) groups excluding carboxylic acids is 2. The van der Waals surface area contributed by atoms with Crippen LogP contribution in [0.15, 0.2) is 48.5 Å². The molecule has 5 heteroatoms. The van der Waals surface area contributed by atoms with Crippen molar-refractivity contribution >= 4 is 11.8 Å². The molecule has 5 rings (SSSR count). The van der Waals surface area contributed by atoms with E-state index >= 15 is 0 Å². The first-order valence-corrected chi connectivity index (χ1v) is 9.23. The molecule has 2 heterocycles. The molecule has 0 radical (unpaired) electrons. The van der Waals surface area contributed by atoms with E-state index in [1.54, 1.807) is 0 Å². The topological polar surface area (TPSA) is 52.7 Å². The number of piperazine rings is 2. The molecule has 2 aliphatic heterocycles. The van der Waals surface area contributed by atoms with Gasteiger partial charge in [0, 0.05) is 32.7 Å². The molecule has 1 N–H and O–H groups in total. The van der Waals surface area contributed by atoms with Gasteiger partial charge in [-0.15, -0.1) is 0 Å². The predicted molar refractivity (Wildman–Crippen MR) is 98.7 cm³/mol. The molecule has 2 aromatic carbocycles. The molecule has 1 aliphatic carbocycles. The molecule has 0 bridgehead atoms. The van der Waals surface area contributed by atoms with E-state index in [0.29, 0.717) is 19.6 Å². The van der Waals surface area contributed by atoms with Gasteiger partial charge < -0.3 is 10.2 Å². The highest BCUT2D eigenvalue weighted by Gasteiger charge is 2.41. The summed E-state index contributed by atoms with van der Waals surface area (Å²) in [5.74, 6) is -0.109. The summed E-state index contributed by atoms with van der Waals surface area (Å²) >= 11 is 0. The minimum atomic E-state index is -0.263. The molecule has 1 unspecified atom stereocenters. The van der Waals surface area contributed by atoms with Gasteiger partial charge in [0.05, 0.1) is 5.92 Å². The van der Waals surface area contributed by atoms with Gasteiger partial charge in [-0.3, -0.25) is 14.5 Å². The SMILES string of the molecule is O=C1NCCN2CCN(C(=O)C3c4ccccc4-c4ccccc43)CC12. The number of fused-ring (bicyclic) bond motifs is 4. The molecular formula is C21H21N3O2. The number of nitrogens with one attached hydrogen (secondary N) is 1. The van der Waals surface area contributed by atoms with E-state index in [4.69, 9.17) is 0 Å². The summed E-state index contributed by atoms with van der Waals surface area (Å²) in [6.45, 7) is 3.50. The fourth-order valence-corrected chi connectivity index (χ4v) is 4.58. The van der Waals surface area contributed by atoms with Crippen LogP contribution in [0.4, 0.5) is 0 Å². The Morgan fingerprint density at radius 2 is 1.58 bits per heavy atom. The summed E-state index contributed by atoms with van der Waals surface area (Å²) in [4.78, 5) is 29.8. The van der Waals surface area contributed by atoms with Crippen molar-refractivity contribution in [3.63, 3.8) is 0 Å². The summed E-state index contributed by atoms with van der Waals surface area (Å²) in [5, 5.41) is 2.92. The van der Waals surface area contributed by atoms with Crippen molar-refractivity contribution in [3.8, 4) is 11.1 Å². The molecule has 0 aromatic heterocycles. The number of carbonyl (C=O) groups is 2. The van der Waals surface area contributed by atoms with Crippen molar-refractivity contribution < 1.29 is 9.59 Å².